The van der Waals surface area contributed by atoms with Crippen LogP contribution in [0.2, 0.25) is 0 Å². The molecule has 0 fully saturated rings. The summed E-state index contributed by atoms with van der Waals surface area (Å²) >= 11 is 0. The van der Waals surface area contributed by atoms with Gasteiger partial charge in [0.15, 0.2) is 0 Å². The molecule has 0 aliphatic heterocycles. The fraction of sp³-hybridized carbons (Fsp3) is 0.385. The van der Waals surface area contributed by atoms with Crippen molar-refractivity contribution in [1.82, 2.24) is 5.32 Å². The molecule has 0 atom stereocenters. The van der Waals surface area contributed by atoms with Crippen LogP contribution in [0, 0.1) is 0 Å². The zero-order valence-electron chi connectivity index (χ0n) is 11.6. The maximum absolute atomic E-state index is 11.9. The number of anilines is 2. The minimum absolute atomic E-state index is 0.179. The van der Waals surface area contributed by atoms with Crippen LogP contribution in [0.5, 0.6) is 0 Å². The Balaban J connectivity index is 2.57. The molecule has 0 bridgehead atoms. The van der Waals surface area contributed by atoms with Crippen molar-refractivity contribution in [2.75, 3.05) is 23.8 Å². The third-order valence-corrected chi connectivity index (χ3v) is 2.66. The van der Waals surface area contributed by atoms with E-state index in [2.05, 4.69) is 10.6 Å². The van der Waals surface area contributed by atoms with E-state index in [-0.39, 0.29) is 5.91 Å². The number of amides is 3. The average Bonchev–Trinajstić information content (AvgIpc) is 2.36. The number of nitrogens with one attached hydrogen (secondary N) is 2. The van der Waals surface area contributed by atoms with Gasteiger partial charge in [-0.25, -0.2) is 4.79 Å². The van der Waals surface area contributed by atoms with E-state index >= 15 is 0 Å². The summed E-state index contributed by atoms with van der Waals surface area (Å²) in [5.74, 6) is -0.179. The lowest BCUT2D eigenvalue weighted by atomic mass is 10.2. The van der Waals surface area contributed by atoms with Gasteiger partial charge in [-0.1, -0.05) is 6.07 Å². The van der Waals surface area contributed by atoms with Crippen LogP contribution >= 0.6 is 0 Å². The van der Waals surface area contributed by atoms with E-state index in [0.29, 0.717) is 11.4 Å². The van der Waals surface area contributed by atoms with E-state index in [1.165, 1.54) is 11.8 Å². The molecule has 1 aromatic carbocycles. The fourth-order valence-corrected chi connectivity index (χ4v) is 1.47. The van der Waals surface area contributed by atoms with E-state index in [0.717, 1.165) is 0 Å². The summed E-state index contributed by atoms with van der Waals surface area (Å²) in [6.07, 6.45) is -5.40. The maximum Gasteiger partial charge on any atom is 0.390 e. The van der Waals surface area contributed by atoms with Crippen LogP contribution in [0.1, 0.15) is 13.3 Å². The number of carbonyl (C=O) groups excluding carboxylic acids is 2. The maximum atomic E-state index is 11.9. The van der Waals surface area contributed by atoms with Gasteiger partial charge in [0.2, 0.25) is 5.91 Å². The van der Waals surface area contributed by atoms with Gasteiger partial charge in [-0.3, -0.25) is 4.79 Å². The standard InChI is InChI=1S/C13H16F3N3O2/c1-9(20)19(2)11-5-3-4-10(8-11)18-12(21)17-7-6-13(14,15)16/h3-5,8H,6-7H2,1-2H3,(H2,17,18,21). The van der Waals surface area contributed by atoms with Crippen LogP contribution in [-0.4, -0.2) is 31.7 Å². The Kier molecular flexibility index (Phi) is 5.57. The molecule has 116 valence electrons. The van der Waals surface area contributed by atoms with Crippen LogP contribution in [0.4, 0.5) is 29.3 Å². The lowest BCUT2D eigenvalue weighted by Crippen LogP contribution is -2.32. The molecular weight excluding hydrogens is 287 g/mol. The third kappa shape index (κ3) is 6.15. The Bertz CT molecular complexity index is 518. The molecule has 0 unspecified atom stereocenters. The Morgan fingerprint density at radius 3 is 2.52 bits per heavy atom. The van der Waals surface area contributed by atoms with Crippen LogP contribution in [0.25, 0.3) is 0 Å². The van der Waals surface area contributed by atoms with Gasteiger partial charge in [-0.15, -0.1) is 0 Å². The van der Waals surface area contributed by atoms with Crippen molar-refractivity contribution in [3.05, 3.63) is 24.3 Å². The van der Waals surface area contributed by atoms with Gasteiger partial charge in [-0.05, 0) is 18.2 Å². The van der Waals surface area contributed by atoms with Crippen molar-refractivity contribution in [3.8, 4) is 0 Å². The summed E-state index contributed by atoms with van der Waals surface area (Å²) in [6.45, 7) is 0.895. The molecule has 0 aliphatic carbocycles. The zero-order chi connectivity index (χ0) is 16.0. The first-order valence-electron chi connectivity index (χ1n) is 6.15. The Hall–Kier alpha value is -2.25. The second kappa shape index (κ2) is 6.96. The van der Waals surface area contributed by atoms with Gasteiger partial charge in [0, 0.05) is 31.9 Å². The Morgan fingerprint density at radius 2 is 1.95 bits per heavy atom. The Morgan fingerprint density at radius 1 is 1.29 bits per heavy atom. The van der Waals surface area contributed by atoms with E-state index in [1.54, 1.807) is 31.3 Å². The number of urea groups is 1. The molecule has 5 nitrogen and oxygen atoms in total. The molecule has 3 amide bonds. The van der Waals surface area contributed by atoms with E-state index in [4.69, 9.17) is 0 Å². The first-order valence-corrected chi connectivity index (χ1v) is 6.15. The van der Waals surface area contributed by atoms with Gasteiger partial charge >= 0.3 is 12.2 Å². The number of benzene rings is 1. The molecule has 0 aromatic heterocycles. The summed E-state index contributed by atoms with van der Waals surface area (Å²) in [5.41, 5.74) is 0.945. The Labute approximate surface area is 120 Å². The summed E-state index contributed by atoms with van der Waals surface area (Å²) in [4.78, 5) is 24.1. The van der Waals surface area contributed by atoms with Crippen molar-refractivity contribution >= 4 is 23.3 Å². The zero-order valence-corrected chi connectivity index (χ0v) is 11.6. The molecule has 0 saturated heterocycles. The molecule has 0 aliphatic rings. The normalized spacial score (nSPS) is 10.9. The number of hydrogen-bond acceptors (Lipinski definition) is 2. The van der Waals surface area contributed by atoms with Crippen molar-refractivity contribution in [2.24, 2.45) is 0 Å². The van der Waals surface area contributed by atoms with Crippen molar-refractivity contribution < 1.29 is 22.8 Å². The lowest BCUT2D eigenvalue weighted by Gasteiger charge is -2.16. The molecule has 0 spiro atoms. The predicted molar refractivity (Wildman–Crippen MR) is 73.2 cm³/mol. The number of nitrogens with zero attached hydrogens (tertiary/aromatic N) is 1. The highest BCUT2D eigenvalue weighted by Crippen LogP contribution is 2.19. The largest absolute Gasteiger partial charge is 0.390 e. The number of carbonyl (C=O) groups is 2. The number of halogens is 3. The molecule has 1 rings (SSSR count). The quantitative estimate of drug-likeness (QED) is 0.898. The third-order valence-electron chi connectivity index (χ3n) is 2.66. The number of rotatable bonds is 4. The van der Waals surface area contributed by atoms with Crippen LogP contribution in [0.15, 0.2) is 24.3 Å². The van der Waals surface area contributed by atoms with Gasteiger partial charge in [0.25, 0.3) is 0 Å². The van der Waals surface area contributed by atoms with Gasteiger partial charge in [0.1, 0.15) is 0 Å². The minimum atomic E-state index is -4.31. The molecule has 1 aromatic rings. The number of hydrogen-bond donors (Lipinski definition) is 2. The van der Waals surface area contributed by atoms with Crippen molar-refractivity contribution in [2.45, 2.75) is 19.5 Å². The van der Waals surface area contributed by atoms with E-state index in [1.807, 2.05) is 0 Å². The molecular formula is C13H16F3N3O2. The van der Waals surface area contributed by atoms with Gasteiger partial charge in [0.05, 0.1) is 6.42 Å². The van der Waals surface area contributed by atoms with Gasteiger partial charge in [-0.2, -0.15) is 13.2 Å². The van der Waals surface area contributed by atoms with E-state index in [9.17, 15) is 22.8 Å². The molecule has 0 heterocycles. The molecule has 0 saturated carbocycles. The first-order chi connectivity index (χ1) is 9.69. The highest BCUT2D eigenvalue weighted by molar-refractivity contribution is 5.93. The molecule has 0 radical (unpaired) electrons. The SMILES string of the molecule is CC(=O)N(C)c1cccc(NC(=O)NCCC(F)(F)F)c1. The molecule has 8 heteroatoms. The van der Waals surface area contributed by atoms with Crippen LogP contribution in [-0.2, 0) is 4.79 Å². The topological polar surface area (TPSA) is 61.4 Å². The first kappa shape index (κ1) is 16.8. The molecule has 21 heavy (non-hydrogen) atoms. The van der Waals surface area contributed by atoms with Gasteiger partial charge < -0.3 is 15.5 Å². The van der Waals surface area contributed by atoms with Crippen LogP contribution in [0.3, 0.4) is 0 Å². The smallest absolute Gasteiger partial charge is 0.338 e. The summed E-state index contributed by atoms with van der Waals surface area (Å²) in [7, 11) is 1.57. The summed E-state index contributed by atoms with van der Waals surface area (Å²) in [6, 6.07) is 5.68. The van der Waals surface area contributed by atoms with E-state index < -0.39 is 25.2 Å². The monoisotopic (exact) mass is 303 g/mol. The summed E-state index contributed by atoms with van der Waals surface area (Å²) < 4.78 is 35.8. The lowest BCUT2D eigenvalue weighted by molar-refractivity contribution is -0.132. The highest BCUT2D eigenvalue weighted by atomic mass is 19.4. The fourth-order valence-electron chi connectivity index (χ4n) is 1.47. The van der Waals surface area contributed by atoms with Crippen molar-refractivity contribution in [3.63, 3.8) is 0 Å². The van der Waals surface area contributed by atoms with Crippen LogP contribution < -0.4 is 15.5 Å². The minimum Gasteiger partial charge on any atom is -0.338 e. The predicted octanol–water partition coefficient (Wildman–Crippen LogP) is 2.74. The van der Waals surface area contributed by atoms with Crippen molar-refractivity contribution in [1.29, 1.82) is 0 Å². The number of alkyl halides is 3. The second-order valence-electron chi connectivity index (χ2n) is 4.37. The summed E-state index contributed by atoms with van der Waals surface area (Å²) in [5, 5.41) is 4.52. The molecule has 2 N–H and O–H groups in total. The second-order valence-corrected chi connectivity index (χ2v) is 4.37. The highest BCUT2D eigenvalue weighted by Gasteiger charge is 2.26. The average molecular weight is 303 g/mol.